The van der Waals surface area contributed by atoms with Crippen molar-refractivity contribution in [2.24, 2.45) is 4.99 Å². The molecule has 0 amide bonds. The van der Waals surface area contributed by atoms with Crippen LogP contribution in [0.2, 0.25) is 0 Å². The molecule has 11 heteroatoms. The number of anilines is 1. The number of hydrogen-bond acceptors (Lipinski definition) is 5. The Labute approximate surface area is 184 Å². The molecule has 7 nitrogen and oxygen atoms in total. The summed E-state index contributed by atoms with van der Waals surface area (Å²) < 4.78 is 43.2. The maximum Gasteiger partial charge on any atom is 0.433 e. The van der Waals surface area contributed by atoms with E-state index in [1.807, 2.05) is 24.3 Å². The van der Waals surface area contributed by atoms with Crippen molar-refractivity contribution in [3.05, 3.63) is 47.8 Å². The summed E-state index contributed by atoms with van der Waals surface area (Å²) in [5.74, 6) is 1.34. The van der Waals surface area contributed by atoms with Gasteiger partial charge in [-0.1, -0.05) is 18.2 Å². The first kappa shape index (κ1) is 24.7. The number of methoxy groups -OCH3 is 1. The second-order valence-electron chi connectivity index (χ2n) is 5.68. The highest BCUT2D eigenvalue weighted by Gasteiger charge is 2.32. The van der Waals surface area contributed by atoms with E-state index in [0.717, 1.165) is 30.0 Å². The zero-order chi connectivity index (χ0) is 20.4. The van der Waals surface area contributed by atoms with E-state index < -0.39 is 11.9 Å². The smallest absolute Gasteiger partial charge is 0.433 e. The highest BCUT2D eigenvalue weighted by atomic mass is 127. The summed E-state index contributed by atoms with van der Waals surface area (Å²) in [5, 5.41) is 8.99. The van der Waals surface area contributed by atoms with Crippen LogP contribution in [-0.2, 0) is 12.6 Å². The van der Waals surface area contributed by atoms with E-state index in [-0.39, 0.29) is 29.9 Å². The van der Waals surface area contributed by atoms with Crippen LogP contribution in [0, 0.1) is 0 Å². The van der Waals surface area contributed by atoms with E-state index in [1.165, 1.54) is 0 Å². The summed E-state index contributed by atoms with van der Waals surface area (Å²) >= 11 is 0. The molecular weight excluding hydrogens is 500 g/mol. The number of guanidine groups is 1. The van der Waals surface area contributed by atoms with Crippen molar-refractivity contribution >= 4 is 35.9 Å². The number of aliphatic imine (C=N–C) groups is 1. The van der Waals surface area contributed by atoms with Crippen molar-refractivity contribution < 1.29 is 17.9 Å². The molecule has 0 aliphatic carbocycles. The highest BCUT2D eigenvalue weighted by Crippen LogP contribution is 2.27. The normalized spacial score (nSPS) is 11.4. The second-order valence-corrected chi connectivity index (χ2v) is 5.68. The van der Waals surface area contributed by atoms with Crippen LogP contribution in [0.1, 0.15) is 11.3 Å². The van der Waals surface area contributed by atoms with Gasteiger partial charge in [0.25, 0.3) is 0 Å². The van der Waals surface area contributed by atoms with E-state index in [1.54, 1.807) is 14.2 Å². The largest absolute Gasteiger partial charge is 0.496 e. The molecule has 1 heterocycles. The van der Waals surface area contributed by atoms with Crippen LogP contribution in [0.15, 0.2) is 41.5 Å². The first-order valence-corrected chi connectivity index (χ1v) is 8.64. The molecule has 1 aromatic carbocycles. The van der Waals surface area contributed by atoms with Crippen LogP contribution < -0.4 is 20.7 Å². The topological polar surface area (TPSA) is 83.5 Å². The third-order valence-electron chi connectivity index (χ3n) is 3.75. The fourth-order valence-corrected chi connectivity index (χ4v) is 2.40. The average Bonchev–Trinajstić information content (AvgIpc) is 2.69. The molecule has 29 heavy (non-hydrogen) atoms. The zero-order valence-corrected chi connectivity index (χ0v) is 18.4. The van der Waals surface area contributed by atoms with Gasteiger partial charge in [-0.05, 0) is 24.1 Å². The lowest BCUT2D eigenvalue weighted by Gasteiger charge is -2.13. The molecule has 1 aromatic heterocycles. The van der Waals surface area contributed by atoms with Gasteiger partial charge in [-0.3, -0.25) is 4.99 Å². The molecule has 0 saturated carbocycles. The van der Waals surface area contributed by atoms with Gasteiger partial charge in [0.15, 0.2) is 5.96 Å². The maximum absolute atomic E-state index is 12.6. The number of para-hydroxylation sites is 1. The Morgan fingerprint density at radius 3 is 2.52 bits per heavy atom. The molecule has 0 spiro atoms. The van der Waals surface area contributed by atoms with Crippen molar-refractivity contribution in [1.82, 2.24) is 20.6 Å². The number of rotatable bonds is 8. The van der Waals surface area contributed by atoms with E-state index in [9.17, 15) is 13.2 Å². The van der Waals surface area contributed by atoms with Crippen molar-refractivity contribution in [2.45, 2.75) is 12.6 Å². The Bertz CT molecular complexity index is 788. The molecule has 3 N–H and O–H groups in total. The quantitative estimate of drug-likeness (QED) is 0.213. The minimum Gasteiger partial charge on any atom is -0.496 e. The lowest BCUT2D eigenvalue weighted by Crippen LogP contribution is -2.40. The molecule has 0 fully saturated rings. The van der Waals surface area contributed by atoms with Crippen LogP contribution >= 0.6 is 24.0 Å². The Kier molecular flexibility index (Phi) is 10.5. The third kappa shape index (κ3) is 8.30. The van der Waals surface area contributed by atoms with E-state index in [2.05, 4.69) is 30.9 Å². The third-order valence-corrected chi connectivity index (χ3v) is 3.75. The molecule has 0 atom stereocenters. The van der Waals surface area contributed by atoms with E-state index in [0.29, 0.717) is 25.6 Å². The number of nitrogens with zero attached hydrogens (tertiary/aromatic N) is 3. The fourth-order valence-electron chi connectivity index (χ4n) is 2.40. The summed E-state index contributed by atoms with van der Waals surface area (Å²) in [5.41, 5.74) is 0.100. The molecule has 0 bridgehead atoms. The predicted octanol–water partition coefficient (Wildman–Crippen LogP) is 2.94. The van der Waals surface area contributed by atoms with Crippen LogP contribution in [0.25, 0.3) is 0 Å². The first-order chi connectivity index (χ1) is 13.4. The molecule has 0 saturated heterocycles. The van der Waals surface area contributed by atoms with Gasteiger partial charge < -0.3 is 20.7 Å². The van der Waals surface area contributed by atoms with Crippen LogP contribution in [0.5, 0.6) is 5.75 Å². The van der Waals surface area contributed by atoms with Crippen LogP contribution in [-0.4, -0.2) is 49.7 Å². The van der Waals surface area contributed by atoms with Crippen LogP contribution in [0.4, 0.5) is 19.1 Å². The highest BCUT2D eigenvalue weighted by molar-refractivity contribution is 14.0. The molecule has 160 valence electrons. The van der Waals surface area contributed by atoms with Gasteiger partial charge in [-0.25, -0.2) is 9.97 Å². The zero-order valence-electron chi connectivity index (χ0n) is 16.1. The summed E-state index contributed by atoms with van der Waals surface area (Å²) in [6.45, 7) is 1.40. The van der Waals surface area contributed by atoms with Gasteiger partial charge in [0.1, 0.15) is 11.4 Å². The molecule has 0 aliphatic heterocycles. The Morgan fingerprint density at radius 1 is 1.10 bits per heavy atom. The molecule has 2 rings (SSSR count). The van der Waals surface area contributed by atoms with Gasteiger partial charge in [-0.2, -0.15) is 13.2 Å². The number of ether oxygens (including phenoxy) is 1. The summed E-state index contributed by atoms with van der Waals surface area (Å²) in [6, 6.07) is 8.60. The minimum atomic E-state index is -4.50. The monoisotopic (exact) mass is 524 g/mol. The average molecular weight is 524 g/mol. The second kappa shape index (κ2) is 12.3. The molecule has 0 aliphatic rings. The SMILES string of the molecule is CN=C(NCCNc1nccc(C(F)(F)F)n1)NCCc1ccccc1OC.I. The molecule has 0 radical (unpaired) electrons. The standard InChI is InChI=1S/C18H23F3N6O.HI/c1-22-16(23-9-7-13-5-3-4-6-14(13)28-2)25-11-12-26-17-24-10-8-15(27-17)18(19,20)21;/h3-6,8,10H,7,9,11-12H2,1-2H3,(H2,22,23,25)(H,24,26,27);1H. The summed E-state index contributed by atoms with van der Waals surface area (Å²) in [6.07, 6.45) is -2.67. The van der Waals surface area contributed by atoms with E-state index in [4.69, 9.17) is 4.74 Å². The molecule has 0 unspecified atom stereocenters. The van der Waals surface area contributed by atoms with E-state index >= 15 is 0 Å². The molecule has 2 aromatic rings. The summed E-state index contributed by atoms with van der Waals surface area (Å²) in [4.78, 5) is 11.3. The number of hydrogen-bond donors (Lipinski definition) is 3. The lowest BCUT2D eigenvalue weighted by atomic mass is 10.1. The number of alkyl halides is 3. The first-order valence-electron chi connectivity index (χ1n) is 8.64. The van der Waals surface area contributed by atoms with Gasteiger partial charge in [-0.15, -0.1) is 24.0 Å². The Balaban J connectivity index is 0.00000420. The minimum absolute atomic E-state index is 0. The van der Waals surface area contributed by atoms with Crippen LogP contribution in [0.3, 0.4) is 0 Å². The Hall–Kier alpha value is -2.31. The number of halogens is 4. The van der Waals surface area contributed by atoms with Crippen molar-refractivity contribution in [3.8, 4) is 5.75 Å². The van der Waals surface area contributed by atoms with Crippen molar-refractivity contribution in [3.63, 3.8) is 0 Å². The van der Waals surface area contributed by atoms with Gasteiger partial charge in [0.2, 0.25) is 5.95 Å². The van der Waals surface area contributed by atoms with Gasteiger partial charge >= 0.3 is 6.18 Å². The maximum atomic E-state index is 12.6. The summed E-state index contributed by atoms with van der Waals surface area (Å²) in [7, 11) is 3.27. The lowest BCUT2D eigenvalue weighted by molar-refractivity contribution is -0.141. The van der Waals surface area contributed by atoms with Crippen molar-refractivity contribution in [1.29, 1.82) is 0 Å². The number of benzene rings is 1. The Morgan fingerprint density at radius 2 is 1.83 bits per heavy atom. The fraction of sp³-hybridized carbons (Fsp3) is 0.389. The predicted molar refractivity (Wildman–Crippen MR) is 117 cm³/mol. The molecular formula is C18H24F3IN6O. The number of aromatic nitrogens is 2. The van der Waals surface area contributed by atoms with Gasteiger partial charge in [0, 0.05) is 32.9 Å². The number of nitrogens with one attached hydrogen (secondary N) is 3. The van der Waals surface area contributed by atoms with Crippen molar-refractivity contribution in [2.75, 3.05) is 39.1 Å². The van der Waals surface area contributed by atoms with Gasteiger partial charge in [0.05, 0.1) is 7.11 Å².